The number of aromatic nitrogens is 1. The molecule has 1 saturated carbocycles. The number of Topliss-reactive ketones (excluding diaryl/α,β-unsaturated/α-hetero) is 1. The number of carbonyl (C=O) groups is 1. The van der Waals surface area contributed by atoms with Crippen molar-refractivity contribution in [3.05, 3.63) is 11.3 Å². The van der Waals surface area contributed by atoms with E-state index in [4.69, 9.17) is 0 Å². The number of hydrogen-bond donors (Lipinski definition) is 1. The minimum Gasteiger partial charge on any atom is -0.373 e. The summed E-state index contributed by atoms with van der Waals surface area (Å²) in [5, 5.41) is 4.40. The molecule has 1 aromatic rings. The van der Waals surface area contributed by atoms with E-state index in [2.05, 4.69) is 28.7 Å². The van der Waals surface area contributed by atoms with Gasteiger partial charge < -0.3 is 10.2 Å². The van der Waals surface area contributed by atoms with E-state index in [1.807, 2.05) is 6.92 Å². The van der Waals surface area contributed by atoms with Crippen LogP contribution >= 0.6 is 11.5 Å². The summed E-state index contributed by atoms with van der Waals surface area (Å²) in [5.74, 6) is 0.0964. The molecule has 5 heteroatoms. The predicted octanol–water partition coefficient (Wildman–Crippen LogP) is 2.94. The number of aryl methyl sites for hydroxylation is 1. The van der Waals surface area contributed by atoms with Crippen LogP contribution in [0.3, 0.4) is 0 Å². The van der Waals surface area contributed by atoms with Gasteiger partial charge in [-0.05, 0) is 52.3 Å². The fraction of sp³-hybridized carbons (Fsp3) is 0.714. The molecule has 0 aliphatic heterocycles. The van der Waals surface area contributed by atoms with Gasteiger partial charge in [0.2, 0.25) is 0 Å². The Bertz CT molecular complexity index is 461. The smallest absolute Gasteiger partial charge is 0.164 e. The van der Waals surface area contributed by atoms with Crippen molar-refractivity contribution in [2.24, 2.45) is 0 Å². The lowest BCUT2D eigenvalue weighted by molar-refractivity contribution is 0.101. The molecule has 1 N–H and O–H groups in total. The fourth-order valence-electron chi connectivity index (χ4n) is 2.97. The molecule has 0 saturated heterocycles. The zero-order chi connectivity index (χ0) is 14.0. The molecule has 0 radical (unpaired) electrons. The lowest BCUT2D eigenvalue weighted by atomic mass is 9.96. The second-order valence-corrected chi connectivity index (χ2v) is 6.48. The molecule has 1 aliphatic rings. The van der Waals surface area contributed by atoms with Crippen LogP contribution in [-0.2, 0) is 0 Å². The Kier molecular flexibility index (Phi) is 4.26. The molecule has 19 heavy (non-hydrogen) atoms. The first-order valence-corrected chi connectivity index (χ1v) is 7.62. The molecule has 106 valence electrons. The Morgan fingerprint density at radius 2 is 2.05 bits per heavy atom. The van der Waals surface area contributed by atoms with Crippen molar-refractivity contribution in [3.63, 3.8) is 0 Å². The Hall–Kier alpha value is -0.940. The van der Waals surface area contributed by atoms with Crippen LogP contribution in [0.1, 0.15) is 48.7 Å². The lowest BCUT2D eigenvalue weighted by Gasteiger charge is -2.36. The van der Waals surface area contributed by atoms with Gasteiger partial charge in [0.05, 0.1) is 11.3 Å². The predicted molar refractivity (Wildman–Crippen MR) is 80.2 cm³/mol. The molecule has 1 fully saturated rings. The third kappa shape index (κ3) is 2.82. The maximum Gasteiger partial charge on any atom is 0.164 e. The Balaban J connectivity index is 2.12. The van der Waals surface area contributed by atoms with E-state index in [1.54, 1.807) is 6.92 Å². The summed E-state index contributed by atoms with van der Waals surface area (Å²) < 4.78 is 4.30. The number of nitrogens with zero attached hydrogens (tertiary/aromatic N) is 2. The highest BCUT2D eigenvalue weighted by atomic mass is 32.1. The van der Waals surface area contributed by atoms with Crippen LogP contribution in [0.2, 0.25) is 0 Å². The van der Waals surface area contributed by atoms with Gasteiger partial charge in [-0.2, -0.15) is 4.37 Å². The SMILES string of the molecule is CC(=O)c1c(C)nsc1NCC1(N(C)C)CCCC1. The highest BCUT2D eigenvalue weighted by molar-refractivity contribution is 7.10. The van der Waals surface area contributed by atoms with Gasteiger partial charge in [-0.25, -0.2) is 0 Å². The van der Waals surface area contributed by atoms with Crippen molar-refractivity contribution >= 4 is 22.3 Å². The molecule has 0 spiro atoms. The summed E-state index contributed by atoms with van der Waals surface area (Å²) in [6.07, 6.45) is 5.03. The number of carbonyl (C=O) groups excluding carboxylic acids is 1. The molecule has 0 bridgehead atoms. The van der Waals surface area contributed by atoms with Crippen LogP contribution in [0.25, 0.3) is 0 Å². The van der Waals surface area contributed by atoms with Gasteiger partial charge in [0, 0.05) is 12.1 Å². The molecule has 0 amide bonds. The third-order valence-electron chi connectivity index (χ3n) is 4.28. The van der Waals surface area contributed by atoms with E-state index >= 15 is 0 Å². The van der Waals surface area contributed by atoms with Gasteiger partial charge in [0.25, 0.3) is 0 Å². The second-order valence-electron chi connectivity index (χ2n) is 5.71. The Morgan fingerprint density at radius 3 is 2.58 bits per heavy atom. The van der Waals surface area contributed by atoms with Crippen LogP contribution in [0.4, 0.5) is 5.00 Å². The number of nitrogens with one attached hydrogen (secondary N) is 1. The molecular formula is C14H23N3OS. The number of hydrogen-bond acceptors (Lipinski definition) is 5. The summed E-state index contributed by atoms with van der Waals surface area (Å²) in [6, 6.07) is 0. The summed E-state index contributed by atoms with van der Waals surface area (Å²) in [5.41, 5.74) is 1.83. The lowest BCUT2D eigenvalue weighted by Crippen LogP contribution is -2.47. The van der Waals surface area contributed by atoms with Crippen LogP contribution in [0.15, 0.2) is 0 Å². The van der Waals surface area contributed by atoms with E-state index in [-0.39, 0.29) is 11.3 Å². The highest BCUT2D eigenvalue weighted by Gasteiger charge is 2.36. The topological polar surface area (TPSA) is 45.2 Å². The van der Waals surface area contributed by atoms with Gasteiger partial charge in [-0.1, -0.05) is 12.8 Å². The minimum atomic E-state index is 0.0964. The number of rotatable bonds is 5. The monoisotopic (exact) mass is 281 g/mol. The Labute approximate surface area is 119 Å². The molecule has 4 nitrogen and oxygen atoms in total. The minimum absolute atomic E-state index is 0.0964. The van der Waals surface area contributed by atoms with Crippen molar-refractivity contribution < 1.29 is 4.79 Å². The quantitative estimate of drug-likeness (QED) is 0.843. The van der Waals surface area contributed by atoms with Crippen molar-refractivity contribution in [3.8, 4) is 0 Å². The zero-order valence-corrected chi connectivity index (χ0v) is 13.1. The average Bonchev–Trinajstić information content (AvgIpc) is 2.93. The van der Waals surface area contributed by atoms with E-state index in [1.165, 1.54) is 37.2 Å². The molecule has 0 aromatic carbocycles. The number of ketones is 1. The molecule has 1 heterocycles. The van der Waals surface area contributed by atoms with E-state index in [0.717, 1.165) is 22.8 Å². The summed E-state index contributed by atoms with van der Waals surface area (Å²) >= 11 is 1.40. The van der Waals surface area contributed by atoms with E-state index in [0.29, 0.717) is 0 Å². The fourth-order valence-corrected chi connectivity index (χ4v) is 3.80. The molecule has 1 aliphatic carbocycles. The standard InChI is InChI=1S/C14H23N3OS/c1-10-12(11(2)18)13(19-16-10)15-9-14(17(3)4)7-5-6-8-14/h15H,5-9H2,1-4H3. The first-order valence-electron chi connectivity index (χ1n) is 6.85. The maximum absolute atomic E-state index is 11.7. The number of anilines is 1. The van der Waals surface area contributed by atoms with Crippen molar-refractivity contribution in [1.29, 1.82) is 0 Å². The normalized spacial score (nSPS) is 17.9. The summed E-state index contributed by atoms with van der Waals surface area (Å²) in [6.45, 7) is 4.40. The van der Waals surface area contributed by atoms with Gasteiger partial charge in [-0.15, -0.1) is 0 Å². The Morgan fingerprint density at radius 1 is 1.42 bits per heavy atom. The average molecular weight is 281 g/mol. The largest absolute Gasteiger partial charge is 0.373 e. The summed E-state index contributed by atoms with van der Waals surface area (Å²) in [7, 11) is 4.30. The highest BCUT2D eigenvalue weighted by Crippen LogP contribution is 2.35. The first kappa shape index (κ1) is 14.5. The van der Waals surface area contributed by atoms with Gasteiger partial charge in [0.1, 0.15) is 5.00 Å². The molecule has 2 rings (SSSR count). The van der Waals surface area contributed by atoms with Crippen LogP contribution in [0, 0.1) is 6.92 Å². The molecule has 1 aromatic heterocycles. The molecule has 0 atom stereocenters. The number of likely N-dealkylation sites (N-methyl/N-ethyl adjacent to an activating group) is 1. The first-order chi connectivity index (χ1) is 8.96. The summed E-state index contributed by atoms with van der Waals surface area (Å²) in [4.78, 5) is 14.0. The molecular weight excluding hydrogens is 258 g/mol. The maximum atomic E-state index is 11.7. The third-order valence-corrected chi connectivity index (χ3v) is 5.17. The van der Waals surface area contributed by atoms with Crippen LogP contribution in [-0.4, -0.2) is 41.2 Å². The van der Waals surface area contributed by atoms with E-state index < -0.39 is 0 Å². The second kappa shape index (κ2) is 5.59. The van der Waals surface area contributed by atoms with Gasteiger partial charge in [-0.3, -0.25) is 4.79 Å². The molecule has 0 unspecified atom stereocenters. The van der Waals surface area contributed by atoms with Crippen molar-refractivity contribution in [2.75, 3.05) is 26.0 Å². The van der Waals surface area contributed by atoms with Crippen molar-refractivity contribution in [1.82, 2.24) is 9.27 Å². The van der Waals surface area contributed by atoms with Crippen LogP contribution < -0.4 is 5.32 Å². The van der Waals surface area contributed by atoms with E-state index in [9.17, 15) is 4.79 Å². The van der Waals surface area contributed by atoms with Gasteiger partial charge in [0.15, 0.2) is 5.78 Å². The van der Waals surface area contributed by atoms with Crippen molar-refractivity contribution in [2.45, 2.75) is 45.1 Å². The van der Waals surface area contributed by atoms with Crippen LogP contribution in [0.5, 0.6) is 0 Å². The zero-order valence-electron chi connectivity index (χ0n) is 12.2. The van der Waals surface area contributed by atoms with Gasteiger partial charge >= 0.3 is 0 Å².